The molecule has 3 aromatic rings. The van der Waals surface area contributed by atoms with Gasteiger partial charge in [0, 0.05) is 23.2 Å². The van der Waals surface area contributed by atoms with Crippen LogP contribution < -0.4 is 10.3 Å². The normalized spacial score (nSPS) is 15.0. The molecule has 5 nitrogen and oxygen atoms in total. The first-order valence-electron chi connectivity index (χ1n) is 9.99. The fourth-order valence-corrected chi connectivity index (χ4v) is 3.63. The van der Waals surface area contributed by atoms with Crippen LogP contribution in [0.5, 0.6) is 5.75 Å². The number of aromatic amines is 1. The van der Waals surface area contributed by atoms with Crippen molar-refractivity contribution in [2.75, 3.05) is 7.11 Å². The Balaban J connectivity index is 2.04. The third-order valence-electron chi connectivity index (χ3n) is 5.43. The topological polar surface area (TPSA) is 74.7 Å². The van der Waals surface area contributed by atoms with Gasteiger partial charge in [-0.2, -0.15) is 17.6 Å². The molecule has 0 amide bonds. The van der Waals surface area contributed by atoms with E-state index in [1.54, 1.807) is 13.0 Å². The molecule has 0 saturated carbocycles. The van der Waals surface area contributed by atoms with E-state index in [1.807, 2.05) is 0 Å². The summed E-state index contributed by atoms with van der Waals surface area (Å²) in [6.07, 6.45) is -5.56. The number of nitrogens with zero attached hydrogens (tertiary/aromatic N) is 1. The van der Waals surface area contributed by atoms with Gasteiger partial charge in [0.1, 0.15) is 0 Å². The number of aliphatic hydroxyl groups is 1. The predicted octanol–water partition coefficient (Wildman–Crippen LogP) is 5.39. The zero-order chi connectivity index (χ0) is 24.4. The molecule has 0 saturated heterocycles. The second-order valence-electron chi connectivity index (χ2n) is 7.53. The largest absolute Gasteiger partial charge is 0.493 e. The van der Waals surface area contributed by atoms with E-state index in [9.17, 15) is 31.9 Å². The van der Waals surface area contributed by atoms with Crippen molar-refractivity contribution in [3.8, 4) is 5.75 Å². The standard InChI is InChI=1S/C23H21F5N2O3/c1-3-13(14-7-9-16(24)20(25)21(14)33-2)11-22(32,23(26,27)28)12-29-17-5-4-6-18-15(17)8-10-19(31)30-18/h4-10,12-13,32H,3,11H2,1-2H3,(H,30,31)/b29-12+. The fraction of sp³-hybridized carbons (Fsp3) is 0.304. The van der Waals surface area contributed by atoms with E-state index in [-0.39, 0.29) is 23.2 Å². The molecule has 2 unspecified atom stereocenters. The van der Waals surface area contributed by atoms with Crippen LogP contribution in [0.15, 0.2) is 52.3 Å². The van der Waals surface area contributed by atoms with Crippen LogP contribution in [-0.4, -0.2) is 35.2 Å². The Bertz CT molecular complexity index is 1240. The zero-order valence-electron chi connectivity index (χ0n) is 17.7. The smallest absolute Gasteiger partial charge is 0.422 e. The molecule has 33 heavy (non-hydrogen) atoms. The van der Waals surface area contributed by atoms with Gasteiger partial charge in [0.25, 0.3) is 0 Å². The Kier molecular flexibility index (Phi) is 6.87. The second-order valence-corrected chi connectivity index (χ2v) is 7.53. The van der Waals surface area contributed by atoms with E-state index >= 15 is 0 Å². The molecule has 0 radical (unpaired) electrons. The first kappa shape index (κ1) is 24.4. The summed E-state index contributed by atoms with van der Waals surface area (Å²) in [7, 11) is 1.08. The Hall–Kier alpha value is -3.27. The number of fused-ring (bicyclic) bond motifs is 1. The van der Waals surface area contributed by atoms with Gasteiger partial charge in [-0.3, -0.25) is 9.79 Å². The molecule has 0 bridgehead atoms. The van der Waals surface area contributed by atoms with Gasteiger partial charge in [-0.1, -0.05) is 19.1 Å². The van der Waals surface area contributed by atoms with Gasteiger partial charge in [-0.05, 0) is 43.0 Å². The minimum Gasteiger partial charge on any atom is -0.493 e. The summed E-state index contributed by atoms with van der Waals surface area (Å²) in [5, 5.41) is 11.0. The average molecular weight is 468 g/mol. The number of H-pyrrole nitrogens is 1. The van der Waals surface area contributed by atoms with Crippen molar-refractivity contribution in [3.63, 3.8) is 0 Å². The SMILES string of the molecule is CCC(CC(O)(/C=N/c1cccc2[nH]c(=O)ccc12)C(F)(F)F)c1ccc(F)c(F)c1OC. The van der Waals surface area contributed by atoms with Crippen LogP contribution in [-0.2, 0) is 0 Å². The van der Waals surface area contributed by atoms with Crippen LogP contribution in [0, 0.1) is 11.6 Å². The molecular weight excluding hydrogens is 447 g/mol. The number of hydrogen-bond donors (Lipinski definition) is 2. The third-order valence-corrected chi connectivity index (χ3v) is 5.43. The van der Waals surface area contributed by atoms with Gasteiger partial charge in [0.2, 0.25) is 11.4 Å². The summed E-state index contributed by atoms with van der Waals surface area (Å²) in [4.78, 5) is 17.9. The van der Waals surface area contributed by atoms with E-state index in [1.165, 1.54) is 24.3 Å². The predicted molar refractivity (Wildman–Crippen MR) is 114 cm³/mol. The number of aromatic nitrogens is 1. The van der Waals surface area contributed by atoms with Crippen LogP contribution in [0.1, 0.15) is 31.2 Å². The number of pyridine rings is 1. The highest BCUT2D eigenvalue weighted by molar-refractivity contribution is 5.91. The van der Waals surface area contributed by atoms with Gasteiger partial charge in [0.15, 0.2) is 17.2 Å². The summed E-state index contributed by atoms with van der Waals surface area (Å²) in [5.74, 6) is -4.06. The van der Waals surface area contributed by atoms with Crippen LogP contribution in [0.4, 0.5) is 27.6 Å². The molecule has 3 rings (SSSR count). The third kappa shape index (κ3) is 4.90. The number of aliphatic imine (C=N–C) groups is 1. The number of alkyl halides is 3. The number of benzene rings is 2. The fourth-order valence-electron chi connectivity index (χ4n) is 3.63. The number of ether oxygens (including phenoxy) is 1. The molecule has 2 aromatic carbocycles. The van der Waals surface area contributed by atoms with Crippen molar-refractivity contribution < 1.29 is 31.8 Å². The molecular formula is C23H21F5N2O3. The van der Waals surface area contributed by atoms with Crippen LogP contribution in [0.25, 0.3) is 10.9 Å². The molecule has 10 heteroatoms. The lowest BCUT2D eigenvalue weighted by Crippen LogP contribution is -2.47. The Morgan fingerprint density at radius 2 is 1.88 bits per heavy atom. The zero-order valence-corrected chi connectivity index (χ0v) is 17.7. The van der Waals surface area contributed by atoms with E-state index in [4.69, 9.17) is 4.74 Å². The molecule has 176 valence electrons. The highest BCUT2D eigenvalue weighted by Gasteiger charge is 2.53. The highest BCUT2D eigenvalue weighted by atomic mass is 19.4. The monoisotopic (exact) mass is 468 g/mol. The molecule has 0 spiro atoms. The van der Waals surface area contributed by atoms with Crippen LogP contribution in [0.3, 0.4) is 0 Å². The lowest BCUT2D eigenvalue weighted by molar-refractivity contribution is -0.232. The number of nitrogens with one attached hydrogen (secondary N) is 1. The molecule has 1 aromatic heterocycles. The lowest BCUT2D eigenvalue weighted by atomic mass is 9.83. The Morgan fingerprint density at radius 1 is 1.15 bits per heavy atom. The van der Waals surface area contributed by atoms with Crippen molar-refractivity contribution in [2.24, 2.45) is 4.99 Å². The van der Waals surface area contributed by atoms with Gasteiger partial charge in [0.05, 0.1) is 18.3 Å². The first-order chi connectivity index (χ1) is 15.5. The molecule has 2 N–H and O–H groups in total. The van der Waals surface area contributed by atoms with Crippen molar-refractivity contribution in [2.45, 2.75) is 37.5 Å². The van der Waals surface area contributed by atoms with Gasteiger partial charge >= 0.3 is 6.18 Å². The van der Waals surface area contributed by atoms with E-state index in [0.717, 1.165) is 19.2 Å². The van der Waals surface area contributed by atoms with Crippen molar-refractivity contribution in [1.29, 1.82) is 0 Å². The van der Waals surface area contributed by atoms with Gasteiger partial charge in [-0.25, -0.2) is 4.39 Å². The maximum Gasteiger partial charge on any atom is 0.422 e. The molecule has 2 atom stereocenters. The summed E-state index contributed by atoms with van der Waals surface area (Å²) in [5.41, 5.74) is -3.30. The van der Waals surface area contributed by atoms with Crippen molar-refractivity contribution in [3.05, 3.63) is 70.0 Å². The molecule has 0 aliphatic carbocycles. The van der Waals surface area contributed by atoms with Crippen LogP contribution >= 0.6 is 0 Å². The van der Waals surface area contributed by atoms with E-state index in [0.29, 0.717) is 17.1 Å². The maximum atomic E-state index is 14.1. The summed E-state index contributed by atoms with van der Waals surface area (Å²) >= 11 is 0. The molecule has 0 fully saturated rings. The summed E-state index contributed by atoms with van der Waals surface area (Å²) < 4.78 is 74.5. The maximum absolute atomic E-state index is 14.1. The number of hydrogen-bond acceptors (Lipinski definition) is 4. The lowest BCUT2D eigenvalue weighted by Gasteiger charge is -2.31. The van der Waals surface area contributed by atoms with Crippen LogP contribution in [0.2, 0.25) is 0 Å². The van der Waals surface area contributed by atoms with Gasteiger partial charge in [-0.15, -0.1) is 0 Å². The Labute approximate surface area is 185 Å². The van der Waals surface area contributed by atoms with Gasteiger partial charge < -0.3 is 14.8 Å². The van der Waals surface area contributed by atoms with Crippen molar-refractivity contribution in [1.82, 2.24) is 4.98 Å². The number of halogens is 5. The number of rotatable bonds is 7. The summed E-state index contributed by atoms with van der Waals surface area (Å²) in [6.45, 7) is 1.56. The van der Waals surface area contributed by atoms with Crippen molar-refractivity contribution >= 4 is 22.8 Å². The summed E-state index contributed by atoms with van der Waals surface area (Å²) in [6, 6.07) is 9.05. The van der Waals surface area contributed by atoms with E-state index < -0.39 is 41.5 Å². The second kappa shape index (κ2) is 9.30. The molecule has 0 aliphatic heterocycles. The molecule has 1 heterocycles. The minimum atomic E-state index is -5.12. The number of methoxy groups -OCH3 is 1. The average Bonchev–Trinajstić information content (AvgIpc) is 2.76. The molecule has 0 aliphatic rings. The highest BCUT2D eigenvalue weighted by Crippen LogP contribution is 2.42. The Morgan fingerprint density at radius 3 is 2.52 bits per heavy atom. The minimum absolute atomic E-state index is 0.00212. The van der Waals surface area contributed by atoms with E-state index in [2.05, 4.69) is 9.98 Å². The first-order valence-corrected chi connectivity index (χ1v) is 9.99. The quantitative estimate of drug-likeness (QED) is 0.361.